The Labute approximate surface area is 225 Å². The van der Waals surface area contributed by atoms with E-state index in [2.05, 4.69) is 37.9 Å². The largest absolute Gasteiger partial charge is 0.381 e. The molecule has 0 saturated carbocycles. The first-order valence-electron chi connectivity index (χ1n) is 13.1. The van der Waals surface area contributed by atoms with Gasteiger partial charge in [0.25, 0.3) is 0 Å². The van der Waals surface area contributed by atoms with Crippen LogP contribution in [0.5, 0.6) is 0 Å². The van der Waals surface area contributed by atoms with Crippen molar-refractivity contribution in [3.63, 3.8) is 0 Å². The molecule has 206 valence electrons. The number of carbonyl (C=O) groups is 3. The number of benzene rings is 2. The minimum atomic E-state index is -0.447. The number of halogens is 1. The van der Waals surface area contributed by atoms with Crippen LogP contribution in [0.25, 0.3) is 0 Å². The highest BCUT2D eigenvalue weighted by atomic mass is 19.1. The molecule has 1 saturated heterocycles. The van der Waals surface area contributed by atoms with Crippen molar-refractivity contribution in [3.8, 4) is 0 Å². The number of nitrogens with zero attached hydrogens (tertiary/aromatic N) is 2. The quantitative estimate of drug-likeness (QED) is 0.383. The molecule has 0 aromatic heterocycles. The SMILES string of the molecule is CN(Cc1c(C=O)cccc1NCc1cc(CN2CC(C)(C)OC(C)(C)C2)ccc1F)C(C=O)CCC=O. The molecule has 1 fully saturated rings. The molecule has 1 heterocycles. The smallest absolute Gasteiger partial charge is 0.150 e. The molecule has 1 aliphatic heterocycles. The van der Waals surface area contributed by atoms with Gasteiger partial charge in [0.1, 0.15) is 24.7 Å². The number of likely N-dealkylation sites (N-methyl/N-ethyl adjacent to an activating group) is 1. The standard InChI is InChI=1S/C30H40FN3O4/c1-29(2)20-34(21-30(3,4)38-29)16-22-11-12-27(31)24(14-22)15-32-28-10-6-8-23(18-36)26(28)17-33(5)25(19-37)9-7-13-35/h6,8,10-14,18-19,25,32H,7,9,15-17,20-21H2,1-5H3. The number of ether oxygens (including phenoxy) is 1. The van der Waals surface area contributed by atoms with Crippen LogP contribution in [0, 0.1) is 5.82 Å². The van der Waals surface area contributed by atoms with E-state index in [0.29, 0.717) is 36.3 Å². The van der Waals surface area contributed by atoms with E-state index in [1.165, 1.54) is 6.07 Å². The molecule has 1 unspecified atom stereocenters. The number of aldehydes is 3. The second-order valence-corrected chi connectivity index (χ2v) is 11.4. The summed E-state index contributed by atoms with van der Waals surface area (Å²) in [5.41, 5.74) is 2.92. The first-order chi connectivity index (χ1) is 18.0. The summed E-state index contributed by atoms with van der Waals surface area (Å²) in [4.78, 5) is 38.3. The lowest BCUT2D eigenvalue weighted by Gasteiger charge is -2.47. The number of nitrogens with one attached hydrogen (secondary N) is 1. The number of rotatable bonds is 13. The highest BCUT2D eigenvalue weighted by Crippen LogP contribution is 2.29. The van der Waals surface area contributed by atoms with Gasteiger partial charge in [0.05, 0.1) is 17.2 Å². The molecule has 8 heteroatoms. The molecule has 1 atom stereocenters. The molecule has 0 radical (unpaired) electrons. The van der Waals surface area contributed by atoms with Crippen LogP contribution in [0.4, 0.5) is 10.1 Å². The Kier molecular flexibility index (Phi) is 9.93. The summed E-state index contributed by atoms with van der Waals surface area (Å²) in [6, 6.07) is 10.1. The number of anilines is 1. The Bertz CT molecular complexity index is 1120. The molecule has 1 aliphatic rings. The summed E-state index contributed by atoms with van der Waals surface area (Å²) in [7, 11) is 1.78. The molecule has 2 aromatic rings. The zero-order valence-electron chi connectivity index (χ0n) is 23.1. The average Bonchev–Trinajstić information content (AvgIpc) is 2.83. The number of hydrogen-bond acceptors (Lipinski definition) is 7. The van der Waals surface area contributed by atoms with E-state index in [1.54, 1.807) is 19.2 Å². The van der Waals surface area contributed by atoms with Gasteiger partial charge in [0.15, 0.2) is 0 Å². The van der Waals surface area contributed by atoms with Gasteiger partial charge in [-0.3, -0.25) is 14.6 Å². The molecular weight excluding hydrogens is 485 g/mol. The molecule has 0 amide bonds. The predicted molar refractivity (Wildman–Crippen MR) is 147 cm³/mol. The van der Waals surface area contributed by atoms with Gasteiger partial charge in [0.2, 0.25) is 0 Å². The molecule has 38 heavy (non-hydrogen) atoms. The van der Waals surface area contributed by atoms with Gasteiger partial charge in [-0.05, 0) is 70.5 Å². The first-order valence-corrected chi connectivity index (χ1v) is 13.1. The van der Waals surface area contributed by atoms with E-state index >= 15 is 0 Å². The van der Waals surface area contributed by atoms with Gasteiger partial charge >= 0.3 is 0 Å². The van der Waals surface area contributed by atoms with E-state index in [1.807, 2.05) is 23.1 Å². The molecule has 0 aliphatic carbocycles. The van der Waals surface area contributed by atoms with E-state index in [-0.39, 0.29) is 30.0 Å². The topological polar surface area (TPSA) is 79.0 Å². The van der Waals surface area contributed by atoms with Crippen molar-refractivity contribution in [2.75, 3.05) is 25.5 Å². The second-order valence-electron chi connectivity index (χ2n) is 11.4. The van der Waals surface area contributed by atoms with Gasteiger partial charge in [0, 0.05) is 56.0 Å². The van der Waals surface area contributed by atoms with Crippen LogP contribution in [-0.4, -0.2) is 66.0 Å². The summed E-state index contributed by atoms with van der Waals surface area (Å²) in [5, 5.41) is 3.30. The zero-order valence-corrected chi connectivity index (χ0v) is 23.1. The highest BCUT2D eigenvalue weighted by molar-refractivity contribution is 5.81. The van der Waals surface area contributed by atoms with Crippen LogP contribution >= 0.6 is 0 Å². The first kappa shape index (κ1) is 29.6. The molecule has 7 nitrogen and oxygen atoms in total. The average molecular weight is 526 g/mol. The molecule has 0 bridgehead atoms. The Morgan fingerprint density at radius 3 is 2.45 bits per heavy atom. The van der Waals surface area contributed by atoms with Crippen molar-refractivity contribution in [1.29, 1.82) is 0 Å². The van der Waals surface area contributed by atoms with Crippen molar-refractivity contribution in [2.45, 2.75) is 77.4 Å². The van der Waals surface area contributed by atoms with Gasteiger partial charge in [-0.2, -0.15) is 0 Å². The lowest BCUT2D eigenvalue weighted by molar-refractivity contribution is -0.182. The second kappa shape index (κ2) is 12.7. The van der Waals surface area contributed by atoms with E-state index in [0.717, 1.165) is 43.1 Å². The fraction of sp³-hybridized carbons (Fsp3) is 0.500. The highest BCUT2D eigenvalue weighted by Gasteiger charge is 2.37. The minimum Gasteiger partial charge on any atom is -0.381 e. The third-order valence-corrected chi connectivity index (χ3v) is 6.80. The van der Waals surface area contributed by atoms with Crippen LogP contribution in [0.2, 0.25) is 0 Å². The van der Waals surface area contributed by atoms with Crippen molar-refractivity contribution in [3.05, 3.63) is 64.5 Å². The third kappa shape index (κ3) is 8.03. The molecule has 3 rings (SSSR count). The predicted octanol–water partition coefficient (Wildman–Crippen LogP) is 4.62. The van der Waals surface area contributed by atoms with Crippen molar-refractivity contribution in [1.82, 2.24) is 9.80 Å². The van der Waals surface area contributed by atoms with Crippen molar-refractivity contribution < 1.29 is 23.5 Å². The van der Waals surface area contributed by atoms with E-state index in [4.69, 9.17) is 4.74 Å². The normalized spacial score (nSPS) is 17.7. The van der Waals surface area contributed by atoms with Gasteiger partial charge in [-0.15, -0.1) is 0 Å². The van der Waals surface area contributed by atoms with Crippen molar-refractivity contribution >= 4 is 24.5 Å². The summed E-state index contributed by atoms with van der Waals surface area (Å²) in [6.45, 7) is 11.2. The summed E-state index contributed by atoms with van der Waals surface area (Å²) in [6.07, 6.45) is 3.08. The van der Waals surface area contributed by atoms with E-state index < -0.39 is 6.04 Å². The number of hydrogen-bond donors (Lipinski definition) is 1. The monoisotopic (exact) mass is 525 g/mol. The molecule has 0 spiro atoms. The Morgan fingerprint density at radius 2 is 1.82 bits per heavy atom. The lowest BCUT2D eigenvalue weighted by Crippen LogP contribution is -2.56. The van der Waals surface area contributed by atoms with Gasteiger partial charge < -0.3 is 19.6 Å². The van der Waals surface area contributed by atoms with Gasteiger partial charge in [-0.25, -0.2) is 4.39 Å². The summed E-state index contributed by atoms with van der Waals surface area (Å²) in [5.74, 6) is -0.302. The maximum atomic E-state index is 14.8. The van der Waals surface area contributed by atoms with Gasteiger partial charge in [-0.1, -0.05) is 18.2 Å². The fourth-order valence-electron chi connectivity index (χ4n) is 5.42. The van der Waals surface area contributed by atoms with E-state index in [9.17, 15) is 18.8 Å². The van der Waals surface area contributed by atoms with Crippen LogP contribution in [0.3, 0.4) is 0 Å². The lowest BCUT2D eigenvalue weighted by atomic mass is 9.98. The Hall–Kier alpha value is -2.94. The number of morpholine rings is 1. The summed E-state index contributed by atoms with van der Waals surface area (Å²) >= 11 is 0. The molecule has 1 N–H and O–H groups in total. The van der Waals surface area contributed by atoms with Crippen LogP contribution in [0.15, 0.2) is 36.4 Å². The molecule has 2 aromatic carbocycles. The zero-order chi connectivity index (χ0) is 27.9. The van der Waals surface area contributed by atoms with Crippen molar-refractivity contribution in [2.24, 2.45) is 0 Å². The number of carbonyl (C=O) groups excluding carboxylic acids is 3. The fourth-order valence-corrected chi connectivity index (χ4v) is 5.42. The summed E-state index contributed by atoms with van der Waals surface area (Å²) < 4.78 is 21.0. The Balaban J connectivity index is 1.76. The third-order valence-electron chi connectivity index (χ3n) is 6.80. The molecular formula is C30H40FN3O4. The van der Waals surface area contributed by atoms with Crippen LogP contribution in [0.1, 0.15) is 67.6 Å². The van der Waals surface area contributed by atoms with Crippen LogP contribution in [-0.2, 0) is 34.0 Å². The minimum absolute atomic E-state index is 0.237. The maximum Gasteiger partial charge on any atom is 0.150 e. The van der Waals surface area contributed by atoms with Crippen LogP contribution < -0.4 is 5.32 Å². The maximum absolute atomic E-state index is 14.8. The Morgan fingerprint density at radius 1 is 1.11 bits per heavy atom.